The van der Waals surface area contributed by atoms with Crippen molar-refractivity contribution in [2.24, 2.45) is 5.92 Å². The number of halogens is 2. The lowest BCUT2D eigenvalue weighted by atomic mass is 9.94. The predicted molar refractivity (Wildman–Crippen MR) is 92.4 cm³/mol. The smallest absolute Gasteiger partial charge is 0.158 e. The standard InChI is InChI=1S/C19H30F2O2/c1-5-10-17(18(22)11-6-2)12-8-7-9-13-23-19(16(4)21)14-15(3)20/h11,14,17,22H,3-10,12-13H2,1-2H3/b18-11-,19-14+. The van der Waals surface area contributed by atoms with Crippen LogP contribution in [0.4, 0.5) is 8.78 Å². The zero-order chi connectivity index (χ0) is 17.7. The fraction of sp³-hybridized carbons (Fsp3) is 0.579. The van der Waals surface area contributed by atoms with Gasteiger partial charge in [0.05, 0.1) is 12.4 Å². The number of aliphatic hydroxyl groups is 1. The molecule has 0 aromatic rings. The molecule has 0 rings (SSSR count). The Balaban J connectivity index is 4.09. The first-order valence-electron chi connectivity index (χ1n) is 8.35. The van der Waals surface area contributed by atoms with Gasteiger partial charge in [0.2, 0.25) is 0 Å². The van der Waals surface area contributed by atoms with Crippen LogP contribution in [-0.2, 0) is 4.74 Å². The lowest BCUT2D eigenvalue weighted by Gasteiger charge is -2.15. The highest BCUT2D eigenvalue weighted by Crippen LogP contribution is 2.23. The van der Waals surface area contributed by atoms with Gasteiger partial charge < -0.3 is 9.84 Å². The van der Waals surface area contributed by atoms with Crippen molar-refractivity contribution in [3.8, 4) is 0 Å². The summed E-state index contributed by atoms with van der Waals surface area (Å²) in [6, 6.07) is 0. The van der Waals surface area contributed by atoms with E-state index in [1.807, 2.05) is 13.0 Å². The molecule has 0 aromatic heterocycles. The molecule has 0 amide bonds. The third kappa shape index (κ3) is 10.7. The topological polar surface area (TPSA) is 29.5 Å². The molecule has 0 fully saturated rings. The molecule has 1 atom stereocenters. The van der Waals surface area contributed by atoms with Crippen molar-refractivity contribution in [1.29, 1.82) is 0 Å². The zero-order valence-corrected chi connectivity index (χ0v) is 14.4. The highest BCUT2D eigenvalue weighted by atomic mass is 19.1. The van der Waals surface area contributed by atoms with Gasteiger partial charge in [0.1, 0.15) is 5.83 Å². The van der Waals surface area contributed by atoms with E-state index in [4.69, 9.17) is 4.74 Å². The molecule has 0 radical (unpaired) electrons. The summed E-state index contributed by atoms with van der Waals surface area (Å²) in [6.07, 6.45) is 9.15. The molecule has 0 saturated carbocycles. The first-order chi connectivity index (χ1) is 10.9. The highest BCUT2D eigenvalue weighted by Gasteiger charge is 2.12. The summed E-state index contributed by atoms with van der Waals surface area (Å²) in [4.78, 5) is 0. The Kier molecular flexibility index (Phi) is 12.0. The van der Waals surface area contributed by atoms with E-state index < -0.39 is 11.7 Å². The lowest BCUT2D eigenvalue weighted by molar-refractivity contribution is 0.200. The first kappa shape index (κ1) is 21.4. The summed E-state index contributed by atoms with van der Waals surface area (Å²) in [7, 11) is 0. The minimum Gasteiger partial charge on any atom is -0.512 e. The summed E-state index contributed by atoms with van der Waals surface area (Å²) in [6.45, 7) is 10.6. The molecule has 0 saturated heterocycles. The van der Waals surface area contributed by atoms with E-state index in [1.165, 1.54) is 0 Å². The summed E-state index contributed by atoms with van der Waals surface area (Å²) < 4.78 is 30.9. The Morgan fingerprint density at radius 1 is 1.13 bits per heavy atom. The number of aliphatic hydroxyl groups excluding tert-OH is 1. The monoisotopic (exact) mass is 328 g/mol. The van der Waals surface area contributed by atoms with Crippen LogP contribution in [0.25, 0.3) is 0 Å². The van der Waals surface area contributed by atoms with Crippen LogP contribution < -0.4 is 0 Å². The van der Waals surface area contributed by atoms with Gasteiger partial charge >= 0.3 is 0 Å². The zero-order valence-electron chi connectivity index (χ0n) is 14.4. The van der Waals surface area contributed by atoms with Crippen LogP contribution >= 0.6 is 0 Å². The van der Waals surface area contributed by atoms with Gasteiger partial charge in [0, 0.05) is 12.0 Å². The van der Waals surface area contributed by atoms with Crippen LogP contribution in [0.5, 0.6) is 0 Å². The van der Waals surface area contributed by atoms with Crippen molar-refractivity contribution in [2.45, 2.75) is 58.8 Å². The molecule has 0 heterocycles. The molecule has 1 unspecified atom stereocenters. The lowest BCUT2D eigenvalue weighted by Crippen LogP contribution is -2.04. The van der Waals surface area contributed by atoms with Crippen molar-refractivity contribution in [3.05, 3.63) is 48.5 Å². The van der Waals surface area contributed by atoms with Gasteiger partial charge in [0.15, 0.2) is 11.6 Å². The molecule has 23 heavy (non-hydrogen) atoms. The molecule has 0 aliphatic rings. The van der Waals surface area contributed by atoms with E-state index in [0.29, 0.717) is 12.4 Å². The van der Waals surface area contributed by atoms with Crippen molar-refractivity contribution in [2.75, 3.05) is 6.61 Å². The molecule has 1 N–H and O–H groups in total. The average Bonchev–Trinajstić information content (AvgIpc) is 2.47. The second-order valence-corrected chi connectivity index (χ2v) is 5.58. The summed E-state index contributed by atoms with van der Waals surface area (Å²) >= 11 is 0. The van der Waals surface area contributed by atoms with Crippen LogP contribution in [0.15, 0.2) is 48.5 Å². The Morgan fingerprint density at radius 3 is 2.35 bits per heavy atom. The normalized spacial score (nSPS) is 13.7. The van der Waals surface area contributed by atoms with Gasteiger partial charge in [-0.05, 0) is 31.8 Å². The average molecular weight is 328 g/mol. The van der Waals surface area contributed by atoms with Gasteiger partial charge in [0.25, 0.3) is 0 Å². The number of unbranched alkanes of at least 4 members (excludes halogenated alkanes) is 2. The molecular formula is C19H30F2O2. The van der Waals surface area contributed by atoms with Crippen LogP contribution in [0.1, 0.15) is 58.8 Å². The minimum absolute atomic E-state index is 0.204. The molecule has 0 spiro atoms. The number of hydrogen-bond donors (Lipinski definition) is 1. The van der Waals surface area contributed by atoms with Gasteiger partial charge in [-0.3, -0.25) is 0 Å². The summed E-state index contributed by atoms with van der Waals surface area (Å²) in [5.74, 6) is -1.06. The molecule has 0 aromatic carbocycles. The number of rotatable bonds is 13. The van der Waals surface area contributed by atoms with E-state index in [0.717, 1.165) is 51.0 Å². The quantitative estimate of drug-likeness (QED) is 0.232. The summed E-state index contributed by atoms with van der Waals surface area (Å²) in [5.41, 5.74) is 0. The van der Waals surface area contributed by atoms with Gasteiger partial charge in [-0.25, -0.2) is 8.78 Å². The molecule has 0 bridgehead atoms. The Morgan fingerprint density at radius 2 is 1.83 bits per heavy atom. The second-order valence-electron chi connectivity index (χ2n) is 5.58. The Bertz CT molecular complexity index is 425. The molecule has 132 valence electrons. The molecule has 0 aliphatic carbocycles. The van der Waals surface area contributed by atoms with Crippen molar-refractivity contribution in [3.63, 3.8) is 0 Å². The van der Waals surface area contributed by atoms with Crippen LogP contribution in [-0.4, -0.2) is 11.7 Å². The third-order valence-corrected chi connectivity index (χ3v) is 3.48. The maximum atomic E-state index is 13.0. The second kappa shape index (κ2) is 12.9. The maximum Gasteiger partial charge on any atom is 0.158 e. The molecule has 0 aliphatic heterocycles. The van der Waals surface area contributed by atoms with E-state index in [2.05, 4.69) is 20.1 Å². The van der Waals surface area contributed by atoms with Crippen molar-refractivity contribution in [1.82, 2.24) is 0 Å². The van der Waals surface area contributed by atoms with Crippen LogP contribution in [0.3, 0.4) is 0 Å². The van der Waals surface area contributed by atoms with E-state index >= 15 is 0 Å². The van der Waals surface area contributed by atoms with Gasteiger partial charge in [-0.2, -0.15) is 0 Å². The number of allylic oxidation sites excluding steroid dienone is 5. The van der Waals surface area contributed by atoms with Crippen LogP contribution in [0.2, 0.25) is 0 Å². The van der Waals surface area contributed by atoms with E-state index in [1.54, 1.807) is 0 Å². The number of ether oxygens (including phenoxy) is 1. The first-order valence-corrected chi connectivity index (χ1v) is 8.35. The highest BCUT2D eigenvalue weighted by molar-refractivity contribution is 5.23. The fourth-order valence-corrected chi connectivity index (χ4v) is 2.36. The third-order valence-electron chi connectivity index (χ3n) is 3.48. The van der Waals surface area contributed by atoms with Gasteiger partial charge in [-0.1, -0.05) is 46.3 Å². The van der Waals surface area contributed by atoms with Crippen molar-refractivity contribution >= 4 is 0 Å². The molecular weight excluding hydrogens is 298 g/mol. The summed E-state index contributed by atoms with van der Waals surface area (Å²) in [5, 5.41) is 9.99. The fourth-order valence-electron chi connectivity index (χ4n) is 2.36. The maximum absolute atomic E-state index is 13.0. The van der Waals surface area contributed by atoms with Gasteiger partial charge in [-0.15, -0.1) is 0 Å². The van der Waals surface area contributed by atoms with Crippen molar-refractivity contribution < 1.29 is 18.6 Å². The predicted octanol–water partition coefficient (Wildman–Crippen LogP) is 6.68. The number of hydrogen-bond acceptors (Lipinski definition) is 2. The van der Waals surface area contributed by atoms with E-state index in [-0.39, 0.29) is 11.7 Å². The Labute approximate surface area is 139 Å². The van der Waals surface area contributed by atoms with E-state index in [9.17, 15) is 13.9 Å². The largest absolute Gasteiger partial charge is 0.512 e. The minimum atomic E-state index is -0.804. The molecule has 4 heteroatoms. The molecule has 2 nitrogen and oxygen atoms in total. The SMILES string of the molecule is C=C(F)/C=C(/OCCCCCC(CCC)/C(O)=C/CC)C(=C)F. The van der Waals surface area contributed by atoms with Crippen LogP contribution in [0, 0.1) is 5.92 Å². The Hall–Kier alpha value is -1.58.